The van der Waals surface area contributed by atoms with Gasteiger partial charge in [-0.3, -0.25) is 4.79 Å². The summed E-state index contributed by atoms with van der Waals surface area (Å²) in [7, 11) is 0. The second-order valence-corrected chi connectivity index (χ2v) is 9.71. The molecule has 2 aliphatic heterocycles. The number of carbonyl (C=O) groups is 2. The molecule has 0 atom stereocenters. The van der Waals surface area contributed by atoms with Gasteiger partial charge in [0, 0.05) is 43.2 Å². The van der Waals surface area contributed by atoms with Crippen molar-refractivity contribution in [2.45, 2.75) is 71.4 Å². The number of hydrogen-bond acceptors (Lipinski definition) is 5. The first-order valence-electron chi connectivity index (χ1n) is 11.6. The van der Waals surface area contributed by atoms with E-state index in [1.54, 1.807) is 4.90 Å². The van der Waals surface area contributed by atoms with Gasteiger partial charge in [0.1, 0.15) is 11.4 Å². The van der Waals surface area contributed by atoms with Crippen LogP contribution >= 0.6 is 0 Å². The van der Waals surface area contributed by atoms with Gasteiger partial charge in [-0.15, -0.1) is 10.2 Å². The second kappa shape index (κ2) is 9.30. The highest BCUT2D eigenvalue weighted by Crippen LogP contribution is 2.25. The van der Waals surface area contributed by atoms with Crippen molar-refractivity contribution in [1.29, 1.82) is 0 Å². The van der Waals surface area contributed by atoms with Gasteiger partial charge in [-0.2, -0.15) is 0 Å². The van der Waals surface area contributed by atoms with Gasteiger partial charge in [0.05, 0.1) is 0 Å². The molecule has 172 valence electrons. The minimum Gasteiger partial charge on any atom is -0.444 e. The number of nitrogens with one attached hydrogen (secondary N) is 1. The van der Waals surface area contributed by atoms with Crippen molar-refractivity contribution in [3.8, 4) is 11.4 Å². The molecule has 0 spiro atoms. The van der Waals surface area contributed by atoms with Crippen LogP contribution in [0.4, 0.5) is 10.5 Å². The molecule has 0 radical (unpaired) electrons. The van der Waals surface area contributed by atoms with Crippen LogP contribution in [0.15, 0.2) is 24.3 Å². The van der Waals surface area contributed by atoms with Crippen molar-refractivity contribution in [3.63, 3.8) is 0 Å². The van der Waals surface area contributed by atoms with Crippen LogP contribution in [0.3, 0.4) is 0 Å². The number of likely N-dealkylation sites (tertiary alicyclic amines) is 1. The fraction of sp³-hybridized carbons (Fsp3) is 0.583. The van der Waals surface area contributed by atoms with Crippen LogP contribution in [-0.2, 0) is 22.5 Å². The number of anilines is 1. The molecule has 32 heavy (non-hydrogen) atoms. The Labute approximate surface area is 189 Å². The maximum Gasteiger partial charge on any atom is 0.410 e. The molecule has 4 rings (SSSR count). The van der Waals surface area contributed by atoms with E-state index in [0.717, 1.165) is 42.3 Å². The highest BCUT2D eigenvalue weighted by molar-refractivity contribution is 5.93. The first kappa shape index (κ1) is 22.3. The molecule has 8 nitrogen and oxygen atoms in total. The number of amides is 2. The van der Waals surface area contributed by atoms with E-state index in [4.69, 9.17) is 4.74 Å². The van der Waals surface area contributed by atoms with Crippen molar-refractivity contribution in [1.82, 2.24) is 19.7 Å². The predicted octanol–water partition coefficient (Wildman–Crippen LogP) is 4.26. The number of nitrogens with zero attached hydrogens (tertiary/aromatic N) is 4. The largest absolute Gasteiger partial charge is 0.444 e. The molecular formula is C24H33N5O3. The Kier molecular flexibility index (Phi) is 6.48. The third-order valence-corrected chi connectivity index (χ3v) is 6.04. The SMILES string of the molecule is CC(C)(C)OC(=O)N1CCC(C(=O)Nc2ccc(-c3nnc4n3CCCCC4)cc2)CC1. The lowest BCUT2D eigenvalue weighted by molar-refractivity contribution is -0.121. The van der Waals surface area contributed by atoms with Gasteiger partial charge >= 0.3 is 6.09 Å². The Hall–Kier alpha value is -2.90. The van der Waals surface area contributed by atoms with Gasteiger partial charge in [-0.25, -0.2) is 4.79 Å². The molecule has 1 fully saturated rings. The monoisotopic (exact) mass is 439 g/mol. The number of ether oxygens (including phenoxy) is 1. The minimum absolute atomic E-state index is 0.00191. The first-order chi connectivity index (χ1) is 15.3. The smallest absolute Gasteiger partial charge is 0.410 e. The zero-order chi connectivity index (χ0) is 22.7. The summed E-state index contributed by atoms with van der Waals surface area (Å²) >= 11 is 0. The van der Waals surface area contributed by atoms with E-state index in [0.29, 0.717) is 25.9 Å². The van der Waals surface area contributed by atoms with Crippen LogP contribution in [0.5, 0.6) is 0 Å². The number of benzene rings is 1. The van der Waals surface area contributed by atoms with E-state index in [1.165, 1.54) is 12.8 Å². The molecule has 0 unspecified atom stereocenters. The standard InChI is InChI=1S/C24H33N5O3/c1-24(2,3)32-23(31)28-15-12-18(13-16-28)22(30)25-19-10-8-17(9-11-19)21-27-26-20-7-5-4-6-14-29(20)21/h8-11,18H,4-7,12-16H2,1-3H3,(H,25,30). The molecule has 0 saturated carbocycles. The minimum atomic E-state index is -0.511. The number of fused-ring (bicyclic) bond motifs is 1. The van der Waals surface area contributed by atoms with Gasteiger partial charge in [-0.05, 0) is 70.7 Å². The second-order valence-electron chi connectivity index (χ2n) is 9.71. The summed E-state index contributed by atoms with van der Waals surface area (Å²) in [5.74, 6) is 1.85. The number of piperidine rings is 1. The Morgan fingerprint density at radius 2 is 1.72 bits per heavy atom. The topological polar surface area (TPSA) is 89.3 Å². The van der Waals surface area contributed by atoms with Crippen molar-refractivity contribution in [2.75, 3.05) is 18.4 Å². The van der Waals surface area contributed by atoms with Gasteiger partial charge < -0.3 is 19.5 Å². The molecule has 2 aliphatic rings. The number of aromatic nitrogens is 3. The maximum atomic E-state index is 12.7. The molecule has 0 bridgehead atoms. The van der Waals surface area contributed by atoms with E-state index >= 15 is 0 Å². The fourth-order valence-electron chi connectivity index (χ4n) is 4.30. The normalized spacial score (nSPS) is 17.4. The lowest BCUT2D eigenvalue weighted by Gasteiger charge is -2.32. The number of rotatable bonds is 3. The molecular weight excluding hydrogens is 406 g/mol. The number of carbonyl (C=O) groups excluding carboxylic acids is 2. The van der Waals surface area contributed by atoms with Gasteiger partial charge in [0.25, 0.3) is 0 Å². The molecule has 8 heteroatoms. The van der Waals surface area contributed by atoms with Crippen molar-refractivity contribution < 1.29 is 14.3 Å². The molecule has 1 saturated heterocycles. The summed E-state index contributed by atoms with van der Waals surface area (Å²) < 4.78 is 7.65. The van der Waals surface area contributed by atoms with E-state index in [-0.39, 0.29) is 17.9 Å². The molecule has 3 heterocycles. The quantitative estimate of drug-likeness (QED) is 0.772. The van der Waals surface area contributed by atoms with E-state index in [9.17, 15) is 9.59 Å². The Morgan fingerprint density at radius 3 is 2.41 bits per heavy atom. The third kappa shape index (κ3) is 5.29. The lowest BCUT2D eigenvalue weighted by atomic mass is 9.96. The van der Waals surface area contributed by atoms with Crippen LogP contribution in [0.2, 0.25) is 0 Å². The summed E-state index contributed by atoms with van der Waals surface area (Å²) in [6, 6.07) is 7.81. The van der Waals surface area contributed by atoms with Crippen LogP contribution in [0, 0.1) is 5.92 Å². The molecule has 2 aromatic rings. The molecule has 0 aliphatic carbocycles. The third-order valence-electron chi connectivity index (χ3n) is 6.04. The van der Waals surface area contributed by atoms with E-state index in [1.807, 2.05) is 45.0 Å². The van der Waals surface area contributed by atoms with Crippen LogP contribution in [0.25, 0.3) is 11.4 Å². The Balaban J connectivity index is 1.32. The Bertz CT molecular complexity index is 953. The maximum absolute atomic E-state index is 12.7. The average molecular weight is 440 g/mol. The molecule has 2 amide bonds. The van der Waals surface area contributed by atoms with Crippen LogP contribution in [-0.4, -0.2) is 50.4 Å². The summed E-state index contributed by atoms with van der Waals surface area (Å²) in [6.07, 6.45) is 5.49. The highest BCUT2D eigenvalue weighted by Gasteiger charge is 2.30. The molecule has 1 aromatic carbocycles. The van der Waals surface area contributed by atoms with E-state index < -0.39 is 5.60 Å². The van der Waals surface area contributed by atoms with Crippen molar-refractivity contribution >= 4 is 17.7 Å². The molecule has 1 N–H and O–H groups in total. The Morgan fingerprint density at radius 1 is 1.00 bits per heavy atom. The zero-order valence-electron chi connectivity index (χ0n) is 19.3. The highest BCUT2D eigenvalue weighted by atomic mass is 16.6. The van der Waals surface area contributed by atoms with Crippen LogP contribution in [0.1, 0.15) is 58.7 Å². The van der Waals surface area contributed by atoms with Crippen molar-refractivity contribution in [3.05, 3.63) is 30.1 Å². The predicted molar refractivity (Wildman–Crippen MR) is 122 cm³/mol. The number of hydrogen-bond donors (Lipinski definition) is 1. The summed E-state index contributed by atoms with van der Waals surface area (Å²) in [5.41, 5.74) is 1.26. The summed E-state index contributed by atoms with van der Waals surface area (Å²) in [6.45, 7) is 7.59. The first-order valence-corrected chi connectivity index (χ1v) is 11.6. The van der Waals surface area contributed by atoms with Gasteiger partial charge in [0.2, 0.25) is 5.91 Å². The lowest BCUT2D eigenvalue weighted by Crippen LogP contribution is -2.43. The van der Waals surface area contributed by atoms with Gasteiger partial charge in [0.15, 0.2) is 5.82 Å². The summed E-state index contributed by atoms with van der Waals surface area (Å²) in [4.78, 5) is 26.6. The van der Waals surface area contributed by atoms with Crippen molar-refractivity contribution in [2.24, 2.45) is 5.92 Å². The number of aryl methyl sites for hydroxylation is 1. The van der Waals surface area contributed by atoms with Crippen LogP contribution < -0.4 is 5.32 Å². The van der Waals surface area contributed by atoms with Gasteiger partial charge in [-0.1, -0.05) is 6.42 Å². The summed E-state index contributed by atoms with van der Waals surface area (Å²) in [5, 5.41) is 11.8. The fourth-order valence-corrected chi connectivity index (χ4v) is 4.30. The average Bonchev–Trinajstić information content (AvgIpc) is 3.01. The zero-order valence-corrected chi connectivity index (χ0v) is 19.3. The molecule has 1 aromatic heterocycles. The van der Waals surface area contributed by atoms with E-state index in [2.05, 4.69) is 20.1 Å².